The Labute approximate surface area is 86.9 Å². The van der Waals surface area contributed by atoms with E-state index in [2.05, 4.69) is 25.5 Å². The first-order valence-corrected chi connectivity index (χ1v) is 4.56. The molecule has 0 atom stereocenters. The molecule has 0 bridgehead atoms. The lowest BCUT2D eigenvalue weighted by molar-refractivity contribution is 0.948. The predicted octanol–water partition coefficient (Wildman–Crippen LogP) is 0.702. The average Bonchev–Trinajstić information content (AvgIpc) is 2.73. The van der Waals surface area contributed by atoms with Gasteiger partial charge in [-0.25, -0.2) is 9.97 Å². The van der Waals surface area contributed by atoms with E-state index < -0.39 is 0 Å². The topological polar surface area (TPSA) is 92.5 Å². The Kier molecular flexibility index (Phi) is 2.49. The Balaban J connectivity index is 2.08. The van der Waals surface area contributed by atoms with Crippen LogP contribution in [0.4, 0.5) is 11.5 Å². The molecule has 0 radical (unpaired) electrons. The number of H-pyrrole nitrogens is 1. The number of nitrogens with one attached hydrogen (secondary N) is 2. The van der Waals surface area contributed by atoms with Crippen LogP contribution >= 0.6 is 0 Å². The lowest BCUT2D eigenvalue weighted by atomic mass is 10.2. The third-order valence-electron chi connectivity index (χ3n) is 2.10. The van der Waals surface area contributed by atoms with E-state index in [4.69, 9.17) is 5.73 Å². The number of aromatic amines is 1. The van der Waals surface area contributed by atoms with Crippen molar-refractivity contribution >= 4 is 11.5 Å². The van der Waals surface area contributed by atoms with Crippen molar-refractivity contribution < 1.29 is 0 Å². The minimum absolute atomic E-state index is 0.528. The summed E-state index contributed by atoms with van der Waals surface area (Å²) in [7, 11) is 0. The third kappa shape index (κ3) is 2.04. The van der Waals surface area contributed by atoms with E-state index in [1.54, 1.807) is 6.20 Å². The Hall–Kier alpha value is -2.11. The van der Waals surface area contributed by atoms with Gasteiger partial charge in [0.2, 0.25) is 0 Å². The second-order valence-corrected chi connectivity index (χ2v) is 3.18. The standard InChI is InChI=1S/C9H12N6/c1-6-2-3-11-9(8(6)10)12-4-7-13-5-14-15-7/h2-3,5H,4,10H2,1H3,(H,11,12)(H,13,14,15). The van der Waals surface area contributed by atoms with E-state index in [9.17, 15) is 0 Å². The number of hydrogen-bond acceptors (Lipinski definition) is 5. The zero-order chi connectivity index (χ0) is 10.7. The Morgan fingerprint density at radius 1 is 1.47 bits per heavy atom. The number of nitrogen functional groups attached to an aromatic ring is 1. The van der Waals surface area contributed by atoms with Crippen LogP contribution in [-0.2, 0) is 6.54 Å². The molecule has 0 fully saturated rings. The summed E-state index contributed by atoms with van der Waals surface area (Å²) in [6, 6.07) is 1.87. The molecule has 0 unspecified atom stereocenters. The zero-order valence-electron chi connectivity index (χ0n) is 8.36. The summed E-state index contributed by atoms with van der Waals surface area (Å²) in [6.45, 7) is 2.47. The normalized spacial score (nSPS) is 10.2. The molecule has 78 valence electrons. The fourth-order valence-corrected chi connectivity index (χ4v) is 1.19. The van der Waals surface area contributed by atoms with Crippen LogP contribution < -0.4 is 11.1 Å². The van der Waals surface area contributed by atoms with Crippen molar-refractivity contribution in [1.29, 1.82) is 0 Å². The van der Waals surface area contributed by atoms with Crippen LogP contribution in [0.3, 0.4) is 0 Å². The summed E-state index contributed by atoms with van der Waals surface area (Å²) in [5.41, 5.74) is 7.52. The minimum Gasteiger partial charge on any atom is -0.396 e. The number of nitrogens with zero attached hydrogens (tertiary/aromatic N) is 3. The molecule has 0 aliphatic heterocycles. The van der Waals surface area contributed by atoms with Gasteiger partial charge in [-0.05, 0) is 18.6 Å². The van der Waals surface area contributed by atoms with Gasteiger partial charge in [0.15, 0.2) is 0 Å². The van der Waals surface area contributed by atoms with Crippen LogP contribution in [0.25, 0.3) is 0 Å². The highest BCUT2D eigenvalue weighted by molar-refractivity contribution is 5.64. The van der Waals surface area contributed by atoms with Crippen molar-refractivity contribution in [2.45, 2.75) is 13.5 Å². The second kappa shape index (κ2) is 3.95. The van der Waals surface area contributed by atoms with E-state index >= 15 is 0 Å². The molecular weight excluding hydrogens is 192 g/mol. The van der Waals surface area contributed by atoms with E-state index in [1.807, 2.05) is 13.0 Å². The largest absolute Gasteiger partial charge is 0.396 e. The van der Waals surface area contributed by atoms with Crippen molar-refractivity contribution in [3.63, 3.8) is 0 Å². The molecule has 0 saturated carbocycles. The number of pyridine rings is 1. The molecule has 6 heteroatoms. The molecule has 0 aliphatic rings. The van der Waals surface area contributed by atoms with Gasteiger partial charge in [-0.15, -0.1) is 0 Å². The monoisotopic (exact) mass is 204 g/mol. The highest BCUT2D eigenvalue weighted by atomic mass is 15.2. The third-order valence-corrected chi connectivity index (χ3v) is 2.10. The highest BCUT2D eigenvalue weighted by Gasteiger charge is 2.03. The Bertz CT molecular complexity index is 436. The lowest BCUT2D eigenvalue weighted by Gasteiger charge is -2.07. The number of nitrogens with two attached hydrogens (primary N) is 1. The van der Waals surface area contributed by atoms with Crippen LogP contribution in [-0.4, -0.2) is 20.2 Å². The van der Waals surface area contributed by atoms with E-state index in [0.29, 0.717) is 18.1 Å². The summed E-state index contributed by atoms with van der Waals surface area (Å²) >= 11 is 0. The molecule has 0 amide bonds. The Morgan fingerprint density at radius 2 is 2.33 bits per heavy atom. The Morgan fingerprint density at radius 3 is 3.07 bits per heavy atom. The van der Waals surface area contributed by atoms with Gasteiger partial charge in [0.05, 0.1) is 12.2 Å². The van der Waals surface area contributed by atoms with E-state index in [-0.39, 0.29) is 0 Å². The molecule has 2 aromatic heterocycles. The average molecular weight is 204 g/mol. The number of rotatable bonds is 3. The van der Waals surface area contributed by atoms with Crippen molar-refractivity contribution in [2.75, 3.05) is 11.1 Å². The fourth-order valence-electron chi connectivity index (χ4n) is 1.19. The van der Waals surface area contributed by atoms with Gasteiger partial charge in [-0.2, -0.15) is 5.10 Å². The summed E-state index contributed by atoms with van der Waals surface area (Å²) in [6.07, 6.45) is 3.18. The fraction of sp³-hybridized carbons (Fsp3) is 0.222. The number of aromatic nitrogens is 4. The maximum Gasteiger partial charge on any atom is 0.149 e. The molecule has 0 aromatic carbocycles. The van der Waals surface area contributed by atoms with Gasteiger partial charge in [-0.1, -0.05) is 0 Å². The quantitative estimate of drug-likeness (QED) is 0.684. The summed E-state index contributed by atoms with van der Waals surface area (Å²) < 4.78 is 0. The van der Waals surface area contributed by atoms with Gasteiger partial charge >= 0.3 is 0 Å². The van der Waals surface area contributed by atoms with Crippen LogP contribution in [0.15, 0.2) is 18.6 Å². The van der Waals surface area contributed by atoms with Gasteiger partial charge in [0, 0.05) is 6.20 Å². The van der Waals surface area contributed by atoms with Crippen molar-refractivity contribution in [3.8, 4) is 0 Å². The van der Waals surface area contributed by atoms with E-state index in [0.717, 1.165) is 11.4 Å². The SMILES string of the molecule is Cc1ccnc(NCc2ncn[nH]2)c1N. The van der Waals surface area contributed by atoms with Gasteiger partial charge < -0.3 is 11.1 Å². The maximum absolute atomic E-state index is 5.85. The molecular formula is C9H12N6. The molecule has 0 spiro atoms. The molecule has 6 nitrogen and oxygen atoms in total. The van der Waals surface area contributed by atoms with E-state index in [1.165, 1.54) is 6.33 Å². The first-order valence-electron chi connectivity index (χ1n) is 4.56. The molecule has 2 rings (SSSR count). The van der Waals surface area contributed by atoms with Crippen LogP contribution in [0.5, 0.6) is 0 Å². The van der Waals surface area contributed by atoms with Gasteiger partial charge in [0.25, 0.3) is 0 Å². The first-order chi connectivity index (χ1) is 7.27. The summed E-state index contributed by atoms with van der Waals surface area (Å²) in [5.74, 6) is 1.42. The van der Waals surface area contributed by atoms with Crippen molar-refractivity contribution in [1.82, 2.24) is 20.2 Å². The van der Waals surface area contributed by atoms with Gasteiger partial charge in [0.1, 0.15) is 18.0 Å². The smallest absolute Gasteiger partial charge is 0.149 e. The summed E-state index contributed by atoms with van der Waals surface area (Å²) in [5, 5.41) is 9.58. The molecule has 2 aromatic rings. The van der Waals surface area contributed by atoms with Crippen LogP contribution in [0.1, 0.15) is 11.4 Å². The molecule has 0 aliphatic carbocycles. The predicted molar refractivity (Wildman–Crippen MR) is 57.1 cm³/mol. The zero-order valence-corrected chi connectivity index (χ0v) is 8.36. The molecule has 2 heterocycles. The molecule has 4 N–H and O–H groups in total. The lowest BCUT2D eigenvalue weighted by Crippen LogP contribution is -2.06. The number of aryl methyl sites for hydroxylation is 1. The van der Waals surface area contributed by atoms with Crippen LogP contribution in [0.2, 0.25) is 0 Å². The summed E-state index contributed by atoms with van der Waals surface area (Å²) in [4.78, 5) is 8.13. The first kappa shape index (κ1) is 9.45. The maximum atomic E-state index is 5.85. The molecule has 0 saturated heterocycles. The number of anilines is 2. The minimum atomic E-state index is 0.528. The number of hydrogen-bond donors (Lipinski definition) is 3. The van der Waals surface area contributed by atoms with Crippen LogP contribution in [0, 0.1) is 6.92 Å². The second-order valence-electron chi connectivity index (χ2n) is 3.18. The van der Waals surface area contributed by atoms with Gasteiger partial charge in [-0.3, -0.25) is 5.10 Å². The van der Waals surface area contributed by atoms with Crippen molar-refractivity contribution in [2.24, 2.45) is 0 Å². The highest BCUT2D eigenvalue weighted by Crippen LogP contribution is 2.18. The van der Waals surface area contributed by atoms with Crippen molar-refractivity contribution in [3.05, 3.63) is 30.0 Å². The molecule has 15 heavy (non-hydrogen) atoms.